The highest BCUT2D eigenvalue weighted by atomic mass is 79.9. The number of nitrogens with zero attached hydrogens (tertiary/aromatic N) is 1. The lowest BCUT2D eigenvalue weighted by atomic mass is 10.1. The van der Waals surface area contributed by atoms with E-state index in [1.54, 1.807) is 0 Å². The summed E-state index contributed by atoms with van der Waals surface area (Å²) in [5.74, 6) is 1.19. The van der Waals surface area contributed by atoms with Gasteiger partial charge in [-0.25, -0.2) is 4.99 Å². The molecular weight excluding hydrogens is 288 g/mol. The Labute approximate surface area is 109 Å². The van der Waals surface area contributed by atoms with E-state index in [4.69, 9.17) is 17.3 Å². The number of benzene rings is 1. The number of nitrogens with two attached hydrogens (primary N) is 1. The molecule has 0 spiro atoms. The van der Waals surface area contributed by atoms with Crippen molar-refractivity contribution >= 4 is 39.1 Å². The second kappa shape index (κ2) is 5.19. The third-order valence-corrected chi connectivity index (χ3v) is 4.33. The Morgan fingerprint density at radius 1 is 1.38 bits per heavy atom. The van der Waals surface area contributed by atoms with Crippen LogP contribution in [0.3, 0.4) is 0 Å². The van der Waals surface area contributed by atoms with Crippen LogP contribution in [-0.4, -0.2) is 5.84 Å². The van der Waals surface area contributed by atoms with Gasteiger partial charge in [-0.15, -0.1) is 0 Å². The highest BCUT2D eigenvalue weighted by molar-refractivity contribution is 9.10. The van der Waals surface area contributed by atoms with Gasteiger partial charge < -0.3 is 5.73 Å². The predicted octanol–water partition coefficient (Wildman–Crippen LogP) is 4.28. The fraction of sp³-hybridized carbons (Fsp3) is 0.417. The molecule has 0 saturated heterocycles. The Kier molecular flexibility index (Phi) is 3.87. The van der Waals surface area contributed by atoms with Crippen LogP contribution < -0.4 is 5.73 Å². The van der Waals surface area contributed by atoms with E-state index >= 15 is 0 Å². The van der Waals surface area contributed by atoms with E-state index in [9.17, 15) is 0 Å². The van der Waals surface area contributed by atoms with Crippen molar-refractivity contribution in [1.82, 2.24) is 0 Å². The molecule has 1 aromatic rings. The molecule has 2 rings (SSSR count). The molecule has 0 atom stereocenters. The van der Waals surface area contributed by atoms with E-state index in [-0.39, 0.29) is 0 Å². The summed E-state index contributed by atoms with van der Waals surface area (Å²) >= 11 is 9.42. The van der Waals surface area contributed by atoms with Crippen molar-refractivity contribution in [2.24, 2.45) is 16.6 Å². The molecule has 1 fully saturated rings. The lowest BCUT2D eigenvalue weighted by molar-refractivity contribution is 0.722. The average Bonchev–Trinajstić information content (AvgIpc) is 2.78. The first-order valence-corrected chi connectivity index (χ1v) is 6.63. The number of hydrogen-bond acceptors (Lipinski definition) is 1. The van der Waals surface area contributed by atoms with Gasteiger partial charge in [-0.2, -0.15) is 0 Å². The van der Waals surface area contributed by atoms with Gasteiger partial charge in [0.2, 0.25) is 0 Å². The highest BCUT2D eigenvalue weighted by Crippen LogP contribution is 2.33. The van der Waals surface area contributed by atoms with Crippen LogP contribution in [0.4, 0.5) is 5.69 Å². The molecule has 4 heteroatoms. The molecule has 0 bridgehead atoms. The first-order chi connectivity index (χ1) is 7.68. The van der Waals surface area contributed by atoms with Crippen LogP contribution in [0, 0.1) is 5.92 Å². The third kappa shape index (κ3) is 2.58. The molecule has 1 aromatic carbocycles. The molecular formula is C12H14BrClN2. The van der Waals surface area contributed by atoms with Crippen LogP contribution in [0.2, 0.25) is 5.02 Å². The minimum Gasteiger partial charge on any atom is -0.387 e. The molecule has 0 radical (unpaired) electrons. The Morgan fingerprint density at radius 3 is 2.75 bits per heavy atom. The van der Waals surface area contributed by atoms with Crippen molar-refractivity contribution in [1.29, 1.82) is 0 Å². The van der Waals surface area contributed by atoms with E-state index in [0.29, 0.717) is 10.9 Å². The zero-order chi connectivity index (χ0) is 11.5. The van der Waals surface area contributed by atoms with Crippen molar-refractivity contribution in [3.63, 3.8) is 0 Å². The maximum Gasteiger partial charge on any atom is 0.103 e. The van der Waals surface area contributed by atoms with Gasteiger partial charge in [0.25, 0.3) is 0 Å². The number of halogens is 2. The molecule has 0 aromatic heterocycles. The van der Waals surface area contributed by atoms with Crippen molar-refractivity contribution < 1.29 is 0 Å². The molecule has 0 heterocycles. The maximum absolute atomic E-state index is 6.02. The first-order valence-electron chi connectivity index (χ1n) is 5.46. The van der Waals surface area contributed by atoms with Crippen molar-refractivity contribution in [3.05, 3.63) is 27.7 Å². The minimum atomic E-state index is 0.450. The molecule has 2 N–H and O–H groups in total. The van der Waals surface area contributed by atoms with Crippen LogP contribution >= 0.6 is 27.5 Å². The van der Waals surface area contributed by atoms with Gasteiger partial charge in [-0.1, -0.05) is 30.5 Å². The van der Waals surface area contributed by atoms with Gasteiger partial charge in [0.1, 0.15) is 5.84 Å². The van der Waals surface area contributed by atoms with E-state index in [1.165, 1.54) is 12.8 Å². The van der Waals surface area contributed by atoms with E-state index < -0.39 is 0 Å². The van der Waals surface area contributed by atoms with Crippen molar-refractivity contribution in [3.8, 4) is 0 Å². The first kappa shape index (κ1) is 11.9. The fourth-order valence-corrected chi connectivity index (χ4v) is 2.55. The number of hydrogen-bond donors (Lipinski definition) is 1. The summed E-state index contributed by atoms with van der Waals surface area (Å²) < 4.78 is 0.817. The fourth-order valence-electron chi connectivity index (χ4n) is 2.03. The minimum absolute atomic E-state index is 0.450. The Morgan fingerprint density at radius 2 is 2.06 bits per heavy atom. The Bertz CT molecular complexity index is 411. The van der Waals surface area contributed by atoms with Gasteiger partial charge >= 0.3 is 0 Å². The number of aliphatic imine (C=N–C) groups is 1. The quantitative estimate of drug-likeness (QED) is 0.642. The Hall–Kier alpha value is -0.540. The lowest BCUT2D eigenvalue weighted by Crippen LogP contribution is -2.20. The summed E-state index contributed by atoms with van der Waals surface area (Å²) in [7, 11) is 0. The predicted molar refractivity (Wildman–Crippen MR) is 72.4 cm³/mol. The maximum atomic E-state index is 6.02. The van der Waals surface area contributed by atoms with Gasteiger partial charge in [0.05, 0.1) is 15.2 Å². The normalized spacial score (nSPS) is 18.0. The lowest BCUT2D eigenvalue weighted by Gasteiger charge is -2.09. The van der Waals surface area contributed by atoms with E-state index in [1.807, 2.05) is 18.2 Å². The number of amidine groups is 1. The SMILES string of the molecule is NC(=Nc1cccc(Cl)c1Br)C1CCCC1. The van der Waals surface area contributed by atoms with Crippen LogP contribution in [0.5, 0.6) is 0 Å². The van der Waals surface area contributed by atoms with Gasteiger partial charge in [0, 0.05) is 5.92 Å². The second-order valence-electron chi connectivity index (χ2n) is 4.09. The molecule has 1 aliphatic rings. The summed E-state index contributed by atoms with van der Waals surface area (Å²) in [5, 5.41) is 0.667. The summed E-state index contributed by atoms with van der Waals surface area (Å²) in [4.78, 5) is 4.46. The molecule has 2 nitrogen and oxygen atoms in total. The van der Waals surface area contributed by atoms with Gasteiger partial charge in [0.15, 0.2) is 0 Å². The molecule has 86 valence electrons. The molecule has 0 aliphatic heterocycles. The van der Waals surface area contributed by atoms with E-state index in [2.05, 4.69) is 20.9 Å². The summed E-state index contributed by atoms with van der Waals surface area (Å²) in [5.41, 5.74) is 6.83. The summed E-state index contributed by atoms with van der Waals surface area (Å²) in [6.45, 7) is 0. The Balaban J connectivity index is 2.24. The smallest absolute Gasteiger partial charge is 0.103 e. The van der Waals surface area contributed by atoms with Crippen LogP contribution in [0.1, 0.15) is 25.7 Å². The standard InChI is InChI=1S/C12H14BrClN2/c13-11-9(14)6-3-7-10(11)16-12(15)8-4-1-2-5-8/h3,6-8H,1-2,4-5H2,(H2,15,16). The number of rotatable bonds is 2. The zero-order valence-corrected chi connectivity index (χ0v) is 11.3. The molecule has 1 saturated carbocycles. The van der Waals surface area contributed by atoms with Crippen molar-refractivity contribution in [2.45, 2.75) is 25.7 Å². The molecule has 0 amide bonds. The highest BCUT2D eigenvalue weighted by Gasteiger charge is 2.18. The molecule has 16 heavy (non-hydrogen) atoms. The molecule has 0 unspecified atom stereocenters. The van der Waals surface area contributed by atoms with Crippen LogP contribution in [0.15, 0.2) is 27.7 Å². The average molecular weight is 302 g/mol. The van der Waals surface area contributed by atoms with Crippen molar-refractivity contribution in [2.75, 3.05) is 0 Å². The van der Waals surface area contributed by atoms with Crippen LogP contribution in [-0.2, 0) is 0 Å². The summed E-state index contributed by atoms with van der Waals surface area (Å²) in [6, 6.07) is 5.63. The largest absolute Gasteiger partial charge is 0.387 e. The second-order valence-corrected chi connectivity index (χ2v) is 5.29. The third-order valence-electron chi connectivity index (χ3n) is 2.95. The summed E-state index contributed by atoms with van der Waals surface area (Å²) in [6.07, 6.45) is 4.84. The van der Waals surface area contributed by atoms with Crippen LogP contribution in [0.25, 0.3) is 0 Å². The zero-order valence-electron chi connectivity index (χ0n) is 8.92. The topological polar surface area (TPSA) is 38.4 Å². The monoisotopic (exact) mass is 300 g/mol. The van der Waals surface area contributed by atoms with Gasteiger partial charge in [-0.3, -0.25) is 0 Å². The van der Waals surface area contributed by atoms with Gasteiger partial charge in [-0.05, 0) is 40.9 Å². The molecule has 1 aliphatic carbocycles. The van der Waals surface area contributed by atoms with E-state index in [0.717, 1.165) is 28.8 Å².